The van der Waals surface area contributed by atoms with Crippen LogP contribution in [0.2, 0.25) is 5.02 Å². The molecule has 0 unspecified atom stereocenters. The molecule has 0 atom stereocenters. The molecule has 1 aromatic carbocycles. The zero-order chi connectivity index (χ0) is 15.1. The van der Waals surface area contributed by atoms with Crippen LogP contribution in [0.15, 0.2) is 21.5 Å². The maximum absolute atomic E-state index is 12.1. The molecule has 1 fully saturated rings. The van der Waals surface area contributed by atoms with E-state index in [1.165, 1.54) is 12.1 Å². The van der Waals surface area contributed by atoms with Crippen molar-refractivity contribution >= 4 is 53.2 Å². The fraction of sp³-hybridized carbons (Fsp3) is 0.417. The van der Waals surface area contributed by atoms with Gasteiger partial charge in [-0.15, -0.1) is 0 Å². The third-order valence-corrected chi connectivity index (χ3v) is 5.83. The number of rotatable bonds is 3. The average Bonchev–Trinajstić information content (AvgIpc) is 2.24. The fourth-order valence-electron chi connectivity index (χ4n) is 2.17. The van der Waals surface area contributed by atoms with E-state index in [4.69, 9.17) is 22.3 Å². The first-order valence-electron chi connectivity index (χ1n) is 5.93. The Kier molecular flexibility index (Phi) is 4.69. The highest BCUT2D eigenvalue weighted by Gasteiger charge is 2.28. The zero-order valence-corrected chi connectivity index (χ0v) is 14.4. The van der Waals surface area contributed by atoms with E-state index in [1.54, 1.807) is 0 Å². The van der Waals surface area contributed by atoms with E-state index < -0.39 is 9.05 Å². The van der Waals surface area contributed by atoms with Gasteiger partial charge in [0.1, 0.15) is 0 Å². The second-order valence-electron chi connectivity index (χ2n) is 4.95. The Morgan fingerprint density at radius 1 is 1.40 bits per heavy atom. The molecule has 8 heteroatoms. The summed E-state index contributed by atoms with van der Waals surface area (Å²) < 4.78 is 23.1. The summed E-state index contributed by atoms with van der Waals surface area (Å²) in [7, 11) is 1.38. The molecule has 1 amide bonds. The highest BCUT2D eigenvalue weighted by atomic mass is 79.9. The number of amides is 1. The highest BCUT2D eigenvalue weighted by molar-refractivity contribution is 9.10. The van der Waals surface area contributed by atoms with Gasteiger partial charge in [0, 0.05) is 21.2 Å². The summed E-state index contributed by atoms with van der Waals surface area (Å²) in [4.78, 5) is 11.9. The molecule has 1 aromatic rings. The van der Waals surface area contributed by atoms with Gasteiger partial charge in [0.15, 0.2) is 0 Å². The van der Waals surface area contributed by atoms with Gasteiger partial charge >= 0.3 is 0 Å². The SMILES string of the molecule is CC1CC(NC(=O)c2cc(S(=O)(=O)Cl)c(Br)cc2Cl)C1. The van der Waals surface area contributed by atoms with Gasteiger partial charge in [-0.25, -0.2) is 8.42 Å². The molecular weight excluding hydrogens is 389 g/mol. The first-order valence-corrected chi connectivity index (χ1v) is 9.41. The molecule has 1 aliphatic carbocycles. The maximum Gasteiger partial charge on any atom is 0.262 e. The van der Waals surface area contributed by atoms with E-state index in [0.717, 1.165) is 12.8 Å². The fourth-order valence-corrected chi connectivity index (χ4v) is 4.75. The lowest BCUT2D eigenvalue weighted by molar-refractivity contribution is 0.0896. The number of halogens is 3. The van der Waals surface area contributed by atoms with Crippen molar-refractivity contribution in [3.05, 3.63) is 27.2 Å². The van der Waals surface area contributed by atoms with Crippen LogP contribution in [0.1, 0.15) is 30.1 Å². The van der Waals surface area contributed by atoms with Crippen LogP contribution in [-0.2, 0) is 9.05 Å². The molecular formula is C12H12BrCl2NO3S. The number of carbonyl (C=O) groups excluding carboxylic acids is 1. The molecule has 2 rings (SSSR count). The second-order valence-corrected chi connectivity index (χ2v) is 8.74. The van der Waals surface area contributed by atoms with Crippen molar-refractivity contribution in [2.45, 2.75) is 30.7 Å². The Balaban J connectivity index is 2.29. The van der Waals surface area contributed by atoms with Crippen molar-refractivity contribution < 1.29 is 13.2 Å². The molecule has 0 aromatic heterocycles. The quantitative estimate of drug-likeness (QED) is 0.789. The molecule has 0 aliphatic heterocycles. The predicted octanol–water partition coefficient (Wildman–Crippen LogP) is 3.56. The van der Waals surface area contributed by atoms with Crippen LogP contribution in [0.3, 0.4) is 0 Å². The zero-order valence-electron chi connectivity index (χ0n) is 10.5. The van der Waals surface area contributed by atoms with E-state index in [2.05, 4.69) is 28.2 Å². The van der Waals surface area contributed by atoms with Gasteiger partial charge in [0.2, 0.25) is 0 Å². The van der Waals surface area contributed by atoms with Crippen molar-refractivity contribution in [2.75, 3.05) is 0 Å². The summed E-state index contributed by atoms with van der Waals surface area (Å²) in [6.07, 6.45) is 1.83. The third-order valence-electron chi connectivity index (χ3n) is 3.24. The standard InChI is InChI=1S/C12H12BrCl2NO3S/c1-6-2-7(3-6)16-12(17)8-4-11(20(15,18)19)9(13)5-10(8)14/h4-7H,2-3H2,1H3,(H,16,17). The number of nitrogens with one attached hydrogen (secondary N) is 1. The third kappa shape index (κ3) is 3.47. The van der Waals surface area contributed by atoms with Gasteiger partial charge in [-0.2, -0.15) is 0 Å². The van der Waals surface area contributed by atoms with E-state index in [-0.39, 0.29) is 31.9 Å². The molecule has 110 valence electrons. The molecule has 0 heterocycles. The Morgan fingerprint density at radius 2 is 2.00 bits per heavy atom. The van der Waals surface area contributed by atoms with E-state index in [0.29, 0.717) is 5.92 Å². The van der Waals surface area contributed by atoms with Crippen LogP contribution in [0.4, 0.5) is 0 Å². The van der Waals surface area contributed by atoms with Crippen molar-refractivity contribution in [2.24, 2.45) is 5.92 Å². The lowest BCUT2D eigenvalue weighted by atomic mass is 9.82. The van der Waals surface area contributed by atoms with Crippen LogP contribution < -0.4 is 5.32 Å². The van der Waals surface area contributed by atoms with E-state index in [9.17, 15) is 13.2 Å². The number of hydrogen-bond acceptors (Lipinski definition) is 3. The molecule has 1 aliphatic rings. The first kappa shape index (κ1) is 16.1. The van der Waals surface area contributed by atoms with Crippen LogP contribution in [0.25, 0.3) is 0 Å². The average molecular weight is 401 g/mol. The normalized spacial score (nSPS) is 22.2. The first-order chi connectivity index (χ1) is 9.18. The maximum atomic E-state index is 12.1. The van der Waals surface area contributed by atoms with Gasteiger partial charge in [-0.3, -0.25) is 4.79 Å². The van der Waals surface area contributed by atoms with Crippen molar-refractivity contribution in [1.82, 2.24) is 5.32 Å². The summed E-state index contributed by atoms with van der Waals surface area (Å²) in [5.41, 5.74) is 0.105. The number of hydrogen-bond donors (Lipinski definition) is 1. The van der Waals surface area contributed by atoms with Gasteiger partial charge < -0.3 is 5.32 Å². The largest absolute Gasteiger partial charge is 0.349 e. The Bertz CT molecular complexity index is 657. The summed E-state index contributed by atoms with van der Waals surface area (Å²) in [6.45, 7) is 2.10. The Morgan fingerprint density at radius 3 is 2.50 bits per heavy atom. The Hall–Kier alpha value is -0.300. The monoisotopic (exact) mass is 399 g/mol. The Labute approximate surface area is 135 Å². The minimum Gasteiger partial charge on any atom is -0.349 e. The van der Waals surface area contributed by atoms with Crippen molar-refractivity contribution in [3.63, 3.8) is 0 Å². The minimum absolute atomic E-state index is 0.105. The summed E-state index contributed by atoms with van der Waals surface area (Å²) in [5.74, 6) is 0.209. The van der Waals surface area contributed by atoms with Crippen LogP contribution >= 0.6 is 38.2 Å². The van der Waals surface area contributed by atoms with Gasteiger partial charge in [0.25, 0.3) is 15.0 Å². The molecule has 1 saturated carbocycles. The van der Waals surface area contributed by atoms with Gasteiger partial charge in [-0.05, 0) is 46.8 Å². The summed E-state index contributed by atoms with van der Waals surface area (Å²) >= 11 is 9.06. The van der Waals surface area contributed by atoms with Crippen molar-refractivity contribution in [1.29, 1.82) is 0 Å². The summed E-state index contributed by atoms with van der Waals surface area (Å²) in [6, 6.07) is 2.66. The molecule has 0 radical (unpaired) electrons. The molecule has 4 nitrogen and oxygen atoms in total. The molecule has 20 heavy (non-hydrogen) atoms. The number of benzene rings is 1. The highest BCUT2D eigenvalue weighted by Crippen LogP contribution is 2.32. The molecule has 0 bridgehead atoms. The van der Waals surface area contributed by atoms with Gasteiger partial charge in [-0.1, -0.05) is 18.5 Å². The lowest BCUT2D eigenvalue weighted by Crippen LogP contribution is -2.43. The van der Waals surface area contributed by atoms with Crippen LogP contribution in [0.5, 0.6) is 0 Å². The van der Waals surface area contributed by atoms with Crippen LogP contribution in [0, 0.1) is 5.92 Å². The minimum atomic E-state index is -3.95. The second kappa shape index (κ2) is 5.83. The van der Waals surface area contributed by atoms with Gasteiger partial charge in [0.05, 0.1) is 15.5 Å². The molecule has 0 spiro atoms. The predicted molar refractivity (Wildman–Crippen MR) is 81.8 cm³/mol. The summed E-state index contributed by atoms with van der Waals surface area (Å²) in [5, 5.41) is 3.00. The van der Waals surface area contributed by atoms with E-state index >= 15 is 0 Å². The van der Waals surface area contributed by atoms with E-state index in [1.807, 2.05) is 0 Å². The molecule has 1 N–H and O–H groups in total. The topological polar surface area (TPSA) is 63.2 Å². The van der Waals surface area contributed by atoms with Crippen molar-refractivity contribution in [3.8, 4) is 0 Å². The smallest absolute Gasteiger partial charge is 0.262 e. The number of carbonyl (C=O) groups is 1. The molecule has 0 saturated heterocycles. The van der Waals surface area contributed by atoms with Crippen LogP contribution in [-0.4, -0.2) is 20.4 Å². The lowest BCUT2D eigenvalue weighted by Gasteiger charge is -2.33.